The van der Waals surface area contributed by atoms with Crippen LogP contribution in [0.15, 0.2) is 6.07 Å². The predicted octanol–water partition coefficient (Wildman–Crippen LogP) is 3.18. The molecule has 1 rings (SSSR count). The zero-order valence-corrected chi connectivity index (χ0v) is 11.6. The van der Waals surface area contributed by atoms with Gasteiger partial charge in [-0.3, -0.25) is 0 Å². The summed E-state index contributed by atoms with van der Waals surface area (Å²) in [6, 6.07) is 1.01. The van der Waals surface area contributed by atoms with E-state index in [9.17, 15) is 18.0 Å². The minimum Gasteiger partial charge on any atom is -0.477 e. The van der Waals surface area contributed by atoms with Gasteiger partial charge in [0, 0.05) is 5.33 Å². The van der Waals surface area contributed by atoms with Gasteiger partial charge in [0.2, 0.25) is 0 Å². The van der Waals surface area contributed by atoms with Gasteiger partial charge in [0.05, 0.1) is 9.26 Å². The third kappa shape index (κ3) is 3.98. The summed E-state index contributed by atoms with van der Waals surface area (Å²) < 4.78 is 40.2. The Kier molecular flexibility index (Phi) is 4.58. The Bertz CT molecular complexity index is 452. The lowest BCUT2D eigenvalue weighted by Gasteiger charge is -2.13. The van der Waals surface area contributed by atoms with Crippen LogP contribution in [0.25, 0.3) is 0 Å². The van der Waals surface area contributed by atoms with Crippen LogP contribution in [-0.4, -0.2) is 22.4 Å². The number of rotatable bonds is 3. The maximum Gasteiger partial charge on any atom is 0.573 e. The summed E-state index contributed by atoms with van der Waals surface area (Å²) in [4.78, 5) is 14.2. The molecule has 0 spiro atoms. The van der Waals surface area contributed by atoms with Crippen molar-refractivity contribution in [3.8, 4) is 5.75 Å². The van der Waals surface area contributed by atoms with E-state index in [-0.39, 0.29) is 20.3 Å². The third-order valence-corrected chi connectivity index (χ3v) is 2.89. The second kappa shape index (κ2) is 5.38. The average molecular weight is 426 g/mol. The molecule has 1 heterocycles. The molecule has 0 aliphatic heterocycles. The molecule has 0 unspecified atom stereocenters. The molecule has 17 heavy (non-hydrogen) atoms. The first-order valence-electron chi connectivity index (χ1n) is 3.99. The second-order valence-electron chi connectivity index (χ2n) is 2.75. The topological polar surface area (TPSA) is 59.4 Å². The highest BCUT2D eigenvalue weighted by Crippen LogP contribution is 2.32. The lowest BCUT2D eigenvalue weighted by Crippen LogP contribution is -2.20. The monoisotopic (exact) mass is 425 g/mol. The summed E-state index contributed by atoms with van der Waals surface area (Å²) in [6.45, 7) is 0. The highest BCUT2D eigenvalue weighted by atomic mass is 127. The number of ether oxygens (including phenoxy) is 1. The van der Waals surface area contributed by atoms with Crippen molar-refractivity contribution in [1.82, 2.24) is 4.98 Å². The summed E-state index contributed by atoms with van der Waals surface area (Å²) in [5.74, 6) is -1.80. The summed E-state index contributed by atoms with van der Waals surface area (Å²) >= 11 is 4.49. The molecule has 94 valence electrons. The van der Waals surface area contributed by atoms with Crippen LogP contribution in [0.3, 0.4) is 0 Å². The van der Waals surface area contributed by atoms with Gasteiger partial charge in [0.1, 0.15) is 5.69 Å². The van der Waals surface area contributed by atoms with E-state index >= 15 is 0 Å². The van der Waals surface area contributed by atoms with E-state index in [1.54, 1.807) is 22.6 Å². The lowest BCUT2D eigenvalue weighted by atomic mass is 10.3. The summed E-state index contributed by atoms with van der Waals surface area (Å²) in [6.07, 6.45) is -4.84. The van der Waals surface area contributed by atoms with Crippen molar-refractivity contribution in [3.63, 3.8) is 0 Å². The van der Waals surface area contributed by atoms with Crippen molar-refractivity contribution >= 4 is 44.5 Å². The molecule has 0 radical (unpaired) electrons. The zero-order valence-electron chi connectivity index (χ0n) is 7.89. The van der Waals surface area contributed by atoms with E-state index < -0.39 is 18.1 Å². The van der Waals surface area contributed by atoms with E-state index in [1.165, 1.54) is 0 Å². The Balaban J connectivity index is 3.26. The largest absolute Gasteiger partial charge is 0.573 e. The Morgan fingerprint density at radius 3 is 2.59 bits per heavy atom. The first-order valence-corrected chi connectivity index (χ1v) is 6.19. The Morgan fingerprint density at radius 2 is 2.18 bits per heavy atom. The number of carboxylic acid groups (broad SMARTS) is 1. The second-order valence-corrected chi connectivity index (χ2v) is 4.47. The number of hydrogen-bond acceptors (Lipinski definition) is 3. The number of nitrogens with zero attached hydrogens (tertiary/aromatic N) is 1. The molecule has 1 aromatic rings. The van der Waals surface area contributed by atoms with Crippen LogP contribution in [0.2, 0.25) is 0 Å². The summed E-state index contributed by atoms with van der Waals surface area (Å²) in [5, 5.41) is 8.66. The van der Waals surface area contributed by atoms with Gasteiger partial charge >= 0.3 is 12.3 Å². The van der Waals surface area contributed by atoms with E-state index in [2.05, 4.69) is 25.7 Å². The fraction of sp³-hybridized carbons (Fsp3) is 0.250. The number of carbonyl (C=O) groups is 1. The number of pyridine rings is 1. The van der Waals surface area contributed by atoms with Crippen molar-refractivity contribution < 1.29 is 27.8 Å². The molecule has 0 aliphatic rings. The predicted molar refractivity (Wildman–Crippen MR) is 63.2 cm³/mol. The Morgan fingerprint density at radius 1 is 1.59 bits per heavy atom. The van der Waals surface area contributed by atoms with Crippen LogP contribution in [0.1, 0.15) is 16.2 Å². The molecule has 0 atom stereocenters. The number of hydrogen-bond donors (Lipinski definition) is 1. The van der Waals surface area contributed by atoms with Gasteiger partial charge in [-0.05, 0) is 28.7 Å². The van der Waals surface area contributed by atoms with E-state index in [4.69, 9.17) is 5.11 Å². The number of aromatic carboxylic acids is 1. The molecule has 0 saturated heterocycles. The number of carboxylic acids is 1. The minimum absolute atomic E-state index is 0.0294. The van der Waals surface area contributed by atoms with Crippen molar-refractivity contribution in [1.29, 1.82) is 0 Å². The van der Waals surface area contributed by atoms with Gasteiger partial charge in [0.25, 0.3) is 0 Å². The van der Waals surface area contributed by atoms with Gasteiger partial charge in [-0.1, -0.05) is 15.9 Å². The van der Waals surface area contributed by atoms with Crippen molar-refractivity contribution in [2.75, 3.05) is 0 Å². The van der Waals surface area contributed by atoms with Gasteiger partial charge in [-0.2, -0.15) is 0 Å². The molecule has 0 fully saturated rings. The molecule has 0 aromatic carbocycles. The Hall–Kier alpha value is -0.580. The highest BCUT2D eigenvalue weighted by molar-refractivity contribution is 14.1. The van der Waals surface area contributed by atoms with Gasteiger partial charge < -0.3 is 9.84 Å². The Labute approximate surface area is 115 Å². The maximum atomic E-state index is 12.1. The van der Waals surface area contributed by atoms with Crippen LogP contribution in [-0.2, 0) is 5.33 Å². The molecule has 9 heteroatoms. The number of aromatic nitrogens is 1. The van der Waals surface area contributed by atoms with Gasteiger partial charge in [0.15, 0.2) is 5.75 Å². The van der Waals surface area contributed by atoms with E-state index in [1.807, 2.05) is 0 Å². The van der Waals surface area contributed by atoms with Crippen LogP contribution in [0.4, 0.5) is 13.2 Å². The van der Waals surface area contributed by atoms with Crippen LogP contribution in [0, 0.1) is 3.57 Å². The standard InChI is InChI=1S/C8H4BrF3INO3/c9-2-5-6(17-8(10,11)12)3(13)1-4(14-5)7(15)16/h1H,2H2,(H,15,16). The molecule has 4 nitrogen and oxygen atoms in total. The molecular formula is C8H4BrF3INO3. The van der Waals surface area contributed by atoms with Crippen LogP contribution in [0.5, 0.6) is 5.75 Å². The lowest BCUT2D eigenvalue weighted by molar-refractivity contribution is -0.275. The van der Waals surface area contributed by atoms with E-state index in [0.29, 0.717) is 0 Å². The fourth-order valence-corrected chi connectivity index (χ4v) is 2.07. The van der Waals surface area contributed by atoms with Crippen LogP contribution < -0.4 is 4.74 Å². The quantitative estimate of drug-likeness (QED) is 0.597. The maximum absolute atomic E-state index is 12.1. The SMILES string of the molecule is O=C(O)c1cc(I)c(OC(F)(F)F)c(CBr)n1. The number of halogens is 5. The van der Waals surface area contributed by atoms with Gasteiger partial charge in [-0.25, -0.2) is 9.78 Å². The normalized spacial score (nSPS) is 11.4. The molecule has 0 saturated carbocycles. The molecular weight excluding hydrogens is 422 g/mol. The third-order valence-electron chi connectivity index (χ3n) is 1.56. The molecule has 1 N–H and O–H groups in total. The van der Waals surface area contributed by atoms with Crippen molar-refractivity contribution in [2.24, 2.45) is 0 Å². The van der Waals surface area contributed by atoms with Gasteiger partial charge in [-0.15, -0.1) is 13.2 Å². The number of alkyl halides is 4. The fourth-order valence-electron chi connectivity index (χ4n) is 0.975. The van der Waals surface area contributed by atoms with Crippen molar-refractivity contribution in [2.45, 2.75) is 11.7 Å². The minimum atomic E-state index is -4.84. The molecule has 0 aliphatic carbocycles. The summed E-state index contributed by atoms with van der Waals surface area (Å²) in [5.41, 5.74) is -0.454. The molecule has 0 amide bonds. The first-order chi connectivity index (χ1) is 7.74. The highest BCUT2D eigenvalue weighted by Gasteiger charge is 2.33. The van der Waals surface area contributed by atoms with Crippen LogP contribution >= 0.6 is 38.5 Å². The zero-order chi connectivity index (χ0) is 13.2. The molecule has 1 aromatic heterocycles. The first kappa shape index (κ1) is 14.5. The van der Waals surface area contributed by atoms with E-state index in [0.717, 1.165) is 6.07 Å². The smallest absolute Gasteiger partial charge is 0.477 e. The van der Waals surface area contributed by atoms with Crippen molar-refractivity contribution in [3.05, 3.63) is 21.0 Å². The average Bonchev–Trinajstić information content (AvgIpc) is 2.18. The molecule has 0 bridgehead atoms. The summed E-state index contributed by atoms with van der Waals surface area (Å²) in [7, 11) is 0.